The molecule has 1 aromatic rings. The van der Waals surface area contributed by atoms with Crippen molar-refractivity contribution < 1.29 is 0 Å². The second-order valence-electron chi connectivity index (χ2n) is 2.75. The minimum atomic E-state index is 0.612. The Labute approximate surface area is 64.8 Å². The van der Waals surface area contributed by atoms with E-state index in [-0.39, 0.29) is 0 Å². The fourth-order valence-corrected chi connectivity index (χ4v) is 1.11. The summed E-state index contributed by atoms with van der Waals surface area (Å²) in [5, 5.41) is 4.57. The van der Waals surface area contributed by atoms with E-state index >= 15 is 0 Å². The van der Waals surface area contributed by atoms with Crippen molar-refractivity contribution in [2.75, 3.05) is 0 Å². The molecule has 2 nitrogen and oxygen atoms in total. The number of nitrogens with zero attached hydrogens (tertiary/aromatic N) is 2. The highest BCUT2D eigenvalue weighted by molar-refractivity contribution is 6.30. The van der Waals surface area contributed by atoms with Crippen LogP contribution in [0.4, 0.5) is 0 Å². The molecule has 0 spiro atoms. The molecular formula is C7H8ClN2. The van der Waals surface area contributed by atoms with Crippen molar-refractivity contribution in [3.63, 3.8) is 0 Å². The Morgan fingerprint density at radius 2 is 2.60 bits per heavy atom. The summed E-state index contributed by atoms with van der Waals surface area (Å²) in [5.41, 5.74) is 0. The van der Waals surface area contributed by atoms with Gasteiger partial charge < -0.3 is 0 Å². The van der Waals surface area contributed by atoms with E-state index in [0.717, 1.165) is 12.5 Å². The van der Waals surface area contributed by atoms with Crippen molar-refractivity contribution in [1.29, 1.82) is 0 Å². The molecule has 53 valence electrons. The maximum Gasteiger partial charge on any atom is 0.133 e. The molecule has 0 aliphatic heterocycles. The number of hydrogen-bond acceptors (Lipinski definition) is 1. The minimum Gasteiger partial charge on any atom is -0.270 e. The van der Waals surface area contributed by atoms with Gasteiger partial charge in [0.1, 0.15) is 6.20 Å². The second-order valence-corrected chi connectivity index (χ2v) is 3.16. The Hall–Kier alpha value is -0.500. The molecule has 0 bridgehead atoms. The van der Waals surface area contributed by atoms with E-state index in [1.54, 1.807) is 0 Å². The lowest BCUT2D eigenvalue weighted by Gasteiger charge is -1.94. The predicted molar refractivity (Wildman–Crippen MR) is 38.8 cm³/mol. The van der Waals surface area contributed by atoms with Gasteiger partial charge in [-0.2, -0.15) is 5.10 Å². The first-order valence-electron chi connectivity index (χ1n) is 3.45. The molecule has 0 N–H and O–H groups in total. The fourth-order valence-electron chi connectivity index (χ4n) is 0.959. The highest BCUT2D eigenvalue weighted by Crippen LogP contribution is 2.30. The molecule has 1 radical (unpaired) electrons. The van der Waals surface area contributed by atoms with Crippen LogP contribution >= 0.6 is 11.6 Å². The first kappa shape index (κ1) is 6.23. The molecule has 3 heteroatoms. The van der Waals surface area contributed by atoms with Gasteiger partial charge in [-0.15, -0.1) is 0 Å². The van der Waals surface area contributed by atoms with Gasteiger partial charge in [0.05, 0.1) is 5.02 Å². The largest absolute Gasteiger partial charge is 0.270 e. The zero-order valence-corrected chi connectivity index (χ0v) is 6.30. The van der Waals surface area contributed by atoms with Crippen LogP contribution in [0.15, 0.2) is 6.20 Å². The molecule has 1 aliphatic carbocycles. The van der Waals surface area contributed by atoms with E-state index in [9.17, 15) is 0 Å². The number of aromatic nitrogens is 2. The van der Waals surface area contributed by atoms with E-state index in [1.807, 2.05) is 10.9 Å². The van der Waals surface area contributed by atoms with Crippen molar-refractivity contribution in [2.45, 2.75) is 19.4 Å². The first-order chi connectivity index (χ1) is 4.84. The van der Waals surface area contributed by atoms with Gasteiger partial charge in [-0.25, -0.2) is 0 Å². The van der Waals surface area contributed by atoms with Crippen LogP contribution in [0.5, 0.6) is 0 Å². The van der Waals surface area contributed by atoms with Crippen molar-refractivity contribution in [3.8, 4) is 0 Å². The minimum absolute atomic E-state index is 0.612. The summed E-state index contributed by atoms with van der Waals surface area (Å²) in [6, 6.07) is 0. The van der Waals surface area contributed by atoms with Crippen molar-refractivity contribution in [2.24, 2.45) is 5.92 Å². The topological polar surface area (TPSA) is 17.8 Å². The van der Waals surface area contributed by atoms with Gasteiger partial charge in [0.25, 0.3) is 0 Å². The zero-order chi connectivity index (χ0) is 6.97. The van der Waals surface area contributed by atoms with Crippen LogP contribution in [0.1, 0.15) is 12.8 Å². The summed E-state index contributed by atoms with van der Waals surface area (Å²) < 4.78 is 1.86. The van der Waals surface area contributed by atoms with Crippen LogP contribution in [0.2, 0.25) is 5.02 Å². The number of halogens is 1. The molecule has 0 aromatic carbocycles. The van der Waals surface area contributed by atoms with Gasteiger partial charge in [0.15, 0.2) is 0 Å². The van der Waals surface area contributed by atoms with Gasteiger partial charge in [-0.3, -0.25) is 4.68 Å². The highest BCUT2D eigenvalue weighted by atomic mass is 35.5. The molecule has 10 heavy (non-hydrogen) atoms. The lowest BCUT2D eigenvalue weighted by Crippen LogP contribution is -1.98. The fraction of sp³-hybridized carbons (Fsp3) is 0.571. The maximum absolute atomic E-state index is 5.63. The number of rotatable bonds is 2. The van der Waals surface area contributed by atoms with Crippen LogP contribution in [0.3, 0.4) is 0 Å². The third-order valence-electron chi connectivity index (χ3n) is 1.69. The first-order valence-corrected chi connectivity index (χ1v) is 3.83. The Balaban J connectivity index is 2.03. The summed E-state index contributed by atoms with van der Waals surface area (Å²) in [5.74, 6) is 0.851. The van der Waals surface area contributed by atoms with Crippen LogP contribution in [0, 0.1) is 12.1 Å². The average Bonchev–Trinajstić information content (AvgIpc) is 2.59. The monoisotopic (exact) mass is 155 g/mol. The van der Waals surface area contributed by atoms with E-state index < -0.39 is 0 Å². The van der Waals surface area contributed by atoms with E-state index in [1.165, 1.54) is 12.8 Å². The molecule has 2 rings (SSSR count). The maximum atomic E-state index is 5.63. The summed E-state index contributed by atoms with van der Waals surface area (Å²) in [6.07, 6.45) is 7.19. The van der Waals surface area contributed by atoms with Crippen molar-refractivity contribution in [3.05, 3.63) is 17.4 Å². The van der Waals surface area contributed by atoms with Crippen molar-refractivity contribution >= 4 is 11.6 Å². The van der Waals surface area contributed by atoms with Crippen LogP contribution in [-0.2, 0) is 6.54 Å². The Bertz CT molecular complexity index is 227. The molecule has 0 unspecified atom stereocenters. The molecule has 1 heterocycles. The molecule has 1 aromatic heterocycles. The van der Waals surface area contributed by atoms with Crippen molar-refractivity contribution in [1.82, 2.24) is 9.78 Å². The zero-order valence-electron chi connectivity index (χ0n) is 5.55. The average molecular weight is 156 g/mol. The molecule has 1 saturated carbocycles. The van der Waals surface area contributed by atoms with Crippen LogP contribution < -0.4 is 0 Å². The highest BCUT2D eigenvalue weighted by Gasteiger charge is 2.21. The molecule has 0 saturated heterocycles. The predicted octanol–water partition coefficient (Wildman–Crippen LogP) is 1.75. The molecular weight excluding hydrogens is 148 g/mol. The Kier molecular flexibility index (Phi) is 1.42. The Morgan fingerprint density at radius 3 is 3.10 bits per heavy atom. The normalized spacial score (nSPS) is 17.7. The van der Waals surface area contributed by atoms with Gasteiger partial charge in [0.2, 0.25) is 0 Å². The third-order valence-corrected chi connectivity index (χ3v) is 1.87. The molecule has 0 atom stereocenters. The summed E-state index contributed by atoms with van der Waals surface area (Å²) >= 11 is 5.63. The molecule has 1 fully saturated rings. The molecule has 0 amide bonds. The van der Waals surface area contributed by atoms with Crippen LogP contribution in [0.25, 0.3) is 0 Å². The van der Waals surface area contributed by atoms with Gasteiger partial charge >= 0.3 is 0 Å². The van der Waals surface area contributed by atoms with Gasteiger partial charge in [-0.05, 0) is 18.8 Å². The standard InChI is InChI=1S/C7H8ClN2/c8-7-3-9-10(5-7)4-6-1-2-6/h5-6H,1-2,4H2. The third kappa shape index (κ3) is 1.32. The second kappa shape index (κ2) is 2.27. The van der Waals surface area contributed by atoms with Crippen LogP contribution in [-0.4, -0.2) is 9.78 Å². The quantitative estimate of drug-likeness (QED) is 0.636. The van der Waals surface area contributed by atoms with Gasteiger partial charge in [0, 0.05) is 12.7 Å². The summed E-state index contributed by atoms with van der Waals surface area (Å²) in [6.45, 7) is 1.02. The van der Waals surface area contributed by atoms with Gasteiger partial charge in [-0.1, -0.05) is 11.6 Å². The Morgan fingerprint density at radius 1 is 1.80 bits per heavy atom. The SMILES string of the molecule is Clc1[c]nn(CC2CC2)c1. The van der Waals surface area contributed by atoms with E-state index in [2.05, 4.69) is 11.3 Å². The lowest BCUT2D eigenvalue weighted by atomic mass is 10.4. The lowest BCUT2D eigenvalue weighted by molar-refractivity contribution is 0.562. The molecule has 1 aliphatic rings. The smallest absolute Gasteiger partial charge is 0.133 e. The summed E-state index contributed by atoms with van der Waals surface area (Å²) in [4.78, 5) is 0. The van der Waals surface area contributed by atoms with E-state index in [4.69, 9.17) is 11.6 Å². The summed E-state index contributed by atoms with van der Waals surface area (Å²) in [7, 11) is 0. The van der Waals surface area contributed by atoms with E-state index in [0.29, 0.717) is 5.02 Å². The number of hydrogen-bond donors (Lipinski definition) is 0.